The molecule has 2 aromatic heterocycles. The lowest BCUT2D eigenvalue weighted by atomic mass is 10.2. The number of amides is 1. The van der Waals surface area contributed by atoms with Gasteiger partial charge in [-0.25, -0.2) is 4.39 Å². The third-order valence-corrected chi connectivity index (χ3v) is 5.09. The Bertz CT molecular complexity index is 989. The first-order chi connectivity index (χ1) is 13.0. The number of aryl methyl sites for hydroxylation is 1. The summed E-state index contributed by atoms with van der Waals surface area (Å²) in [5.41, 5.74) is 2.53. The molecule has 3 aromatic rings. The highest BCUT2D eigenvalue weighted by Gasteiger charge is 2.18. The summed E-state index contributed by atoms with van der Waals surface area (Å²) in [6.07, 6.45) is 1.82. The number of carbonyl (C=O) groups excluding carboxylic acids is 1. The average molecular weight is 366 g/mol. The van der Waals surface area contributed by atoms with Crippen molar-refractivity contribution in [2.45, 2.75) is 6.92 Å². The first-order valence-corrected chi connectivity index (χ1v) is 9.13. The molecule has 1 aromatic carbocycles. The van der Waals surface area contributed by atoms with Crippen LogP contribution in [0.2, 0.25) is 0 Å². The van der Waals surface area contributed by atoms with E-state index in [2.05, 4.69) is 34.3 Å². The molecule has 27 heavy (non-hydrogen) atoms. The lowest BCUT2D eigenvalue weighted by molar-refractivity contribution is 0.102. The Morgan fingerprint density at radius 1 is 1.04 bits per heavy atom. The number of likely N-dealkylation sites (N-methyl/N-ethyl adjacent to an activating group) is 1. The Hall–Kier alpha value is -2.86. The molecule has 1 aliphatic rings. The van der Waals surface area contributed by atoms with Gasteiger partial charge in [-0.15, -0.1) is 0 Å². The minimum Gasteiger partial charge on any atom is -0.355 e. The predicted octanol–water partition coefficient (Wildman–Crippen LogP) is 3.39. The molecule has 0 spiro atoms. The molecule has 5 nitrogen and oxygen atoms in total. The molecule has 1 amide bonds. The van der Waals surface area contributed by atoms with Crippen molar-refractivity contribution < 1.29 is 9.18 Å². The number of nitrogens with one attached hydrogen (secondary N) is 1. The molecule has 1 N–H and O–H groups in total. The molecule has 0 saturated carbocycles. The predicted molar refractivity (Wildman–Crippen MR) is 106 cm³/mol. The summed E-state index contributed by atoms with van der Waals surface area (Å²) in [6.45, 7) is 5.75. The van der Waals surface area contributed by atoms with E-state index in [-0.39, 0.29) is 11.6 Å². The topological polar surface area (TPSA) is 40.0 Å². The SMILES string of the molecule is Cc1ccc(NC(=O)c2ccc3ccc(N4CCN(C)CC4)n3c2)c(F)c1. The zero-order valence-corrected chi connectivity index (χ0v) is 15.6. The van der Waals surface area contributed by atoms with Crippen LogP contribution < -0.4 is 10.2 Å². The summed E-state index contributed by atoms with van der Waals surface area (Å²) >= 11 is 0. The van der Waals surface area contributed by atoms with Crippen LogP contribution in [0, 0.1) is 12.7 Å². The van der Waals surface area contributed by atoms with Crippen LogP contribution in [-0.2, 0) is 0 Å². The molecule has 0 unspecified atom stereocenters. The molecule has 0 radical (unpaired) electrons. The highest BCUT2D eigenvalue weighted by molar-refractivity contribution is 6.04. The Morgan fingerprint density at radius 2 is 1.78 bits per heavy atom. The molecule has 0 atom stereocenters. The van der Waals surface area contributed by atoms with E-state index in [9.17, 15) is 9.18 Å². The van der Waals surface area contributed by atoms with Gasteiger partial charge < -0.3 is 19.5 Å². The van der Waals surface area contributed by atoms with Crippen LogP contribution in [0.1, 0.15) is 15.9 Å². The lowest BCUT2D eigenvalue weighted by Crippen LogP contribution is -2.44. The third-order valence-electron chi connectivity index (χ3n) is 5.09. The van der Waals surface area contributed by atoms with Gasteiger partial charge in [0.15, 0.2) is 0 Å². The fourth-order valence-electron chi connectivity index (χ4n) is 3.43. The van der Waals surface area contributed by atoms with E-state index >= 15 is 0 Å². The molecular formula is C21H23FN4O. The van der Waals surface area contributed by atoms with Gasteiger partial charge in [-0.2, -0.15) is 0 Å². The van der Waals surface area contributed by atoms with Crippen molar-refractivity contribution in [3.63, 3.8) is 0 Å². The second kappa shape index (κ2) is 7.04. The monoisotopic (exact) mass is 366 g/mol. The zero-order chi connectivity index (χ0) is 19.0. The van der Waals surface area contributed by atoms with E-state index in [0.29, 0.717) is 5.56 Å². The number of carbonyl (C=O) groups is 1. The van der Waals surface area contributed by atoms with Crippen LogP contribution in [0.3, 0.4) is 0 Å². The molecule has 0 aliphatic carbocycles. The van der Waals surface area contributed by atoms with Crippen LogP contribution in [0.15, 0.2) is 48.7 Å². The summed E-state index contributed by atoms with van der Waals surface area (Å²) < 4.78 is 16.1. The summed E-state index contributed by atoms with van der Waals surface area (Å²) in [5.74, 6) is 0.329. The van der Waals surface area contributed by atoms with E-state index < -0.39 is 5.82 Å². The van der Waals surface area contributed by atoms with E-state index in [1.807, 2.05) is 23.6 Å². The van der Waals surface area contributed by atoms with Gasteiger partial charge in [0.2, 0.25) is 0 Å². The summed E-state index contributed by atoms with van der Waals surface area (Å²) in [4.78, 5) is 17.3. The number of anilines is 2. The van der Waals surface area contributed by atoms with Crippen LogP contribution in [0.5, 0.6) is 0 Å². The minimum atomic E-state index is -0.427. The third kappa shape index (κ3) is 3.53. The molecule has 1 aliphatic heterocycles. The highest BCUT2D eigenvalue weighted by atomic mass is 19.1. The van der Waals surface area contributed by atoms with Crippen molar-refractivity contribution in [1.82, 2.24) is 9.30 Å². The number of benzene rings is 1. The van der Waals surface area contributed by atoms with Gasteiger partial charge >= 0.3 is 0 Å². The normalized spacial score (nSPS) is 15.3. The van der Waals surface area contributed by atoms with E-state index in [4.69, 9.17) is 0 Å². The molecule has 4 rings (SSSR count). The number of pyridine rings is 1. The van der Waals surface area contributed by atoms with Gasteiger partial charge in [0.25, 0.3) is 5.91 Å². The molecule has 0 bridgehead atoms. The van der Waals surface area contributed by atoms with E-state index in [1.54, 1.807) is 18.2 Å². The maximum atomic E-state index is 14.0. The van der Waals surface area contributed by atoms with E-state index in [0.717, 1.165) is 43.1 Å². The number of fused-ring (bicyclic) bond motifs is 1. The number of hydrogen-bond acceptors (Lipinski definition) is 3. The second-order valence-electron chi connectivity index (χ2n) is 7.13. The van der Waals surface area contributed by atoms with Crippen molar-refractivity contribution >= 4 is 22.9 Å². The molecule has 6 heteroatoms. The largest absolute Gasteiger partial charge is 0.355 e. The van der Waals surface area contributed by atoms with Crippen LogP contribution in [-0.4, -0.2) is 48.4 Å². The summed E-state index contributed by atoms with van der Waals surface area (Å²) in [7, 11) is 2.13. The van der Waals surface area contributed by atoms with Gasteiger partial charge in [-0.3, -0.25) is 4.79 Å². The Balaban J connectivity index is 1.60. The fraction of sp³-hybridized carbons (Fsp3) is 0.286. The quantitative estimate of drug-likeness (QED) is 0.772. The van der Waals surface area contributed by atoms with Gasteiger partial charge in [0.1, 0.15) is 11.6 Å². The minimum absolute atomic E-state index is 0.192. The fourth-order valence-corrected chi connectivity index (χ4v) is 3.43. The summed E-state index contributed by atoms with van der Waals surface area (Å²) in [6, 6.07) is 12.6. The van der Waals surface area contributed by atoms with Crippen molar-refractivity contribution in [2.24, 2.45) is 0 Å². The summed E-state index contributed by atoms with van der Waals surface area (Å²) in [5, 5.41) is 2.67. The van der Waals surface area contributed by atoms with Gasteiger partial charge in [-0.05, 0) is 55.9 Å². The van der Waals surface area contributed by atoms with Crippen molar-refractivity contribution in [3.05, 3.63) is 65.6 Å². The average Bonchev–Trinajstić information content (AvgIpc) is 3.08. The lowest BCUT2D eigenvalue weighted by Gasteiger charge is -2.33. The van der Waals surface area contributed by atoms with Crippen LogP contribution >= 0.6 is 0 Å². The number of hydrogen-bond donors (Lipinski definition) is 1. The molecule has 140 valence electrons. The first kappa shape index (κ1) is 17.5. The zero-order valence-electron chi connectivity index (χ0n) is 15.6. The highest BCUT2D eigenvalue weighted by Crippen LogP contribution is 2.22. The number of halogens is 1. The van der Waals surface area contributed by atoms with E-state index in [1.165, 1.54) is 6.07 Å². The van der Waals surface area contributed by atoms with Crippen LogP contribution in [0.4, 0.5) is 15.9 Å². The Morgan fingerprint density at radius 3 is 2.52 bits per heavy atom. The number of piperazine rings is 1. The first-order valence-electron chi connectivity index (χ1n) is 9.13. The number of nitrogens with zero attached hydrogens (tertiary/aromatic N) is 3. The standard InChI is InChI=1S/C21H23FN4O/c1-15-3-7-19(18(22)13-15)23-21(27)16-4-5-17-6-8-20(26(17)14-16)25-11-9-24(2)10-12-25/h3-8,13-14H,9-12H2,1-2H3,(H,23,27). The van der Waals surface area contributed by atoms with Crippen molar-refractivity contribution in [2.75, 3.05) is 43.4 Å². The van der Waals surface area contributed by atoms with Gasteiger partial charge in [0, 0.05) is 37.9 Å². The smallest absolute Gasteiger partial charge is 0.257 e. The molecule has 1 saturated heterocycles. The van der Waals surface area contributed by atoms with Crippen LogP contribution in [0.25, 0.3) is 5.52 Å². The molecular weight excluding hydrogens is 343 g/mol. The Kier molecular flexibility index (Phi) is 4.58. The number of rotatable bonds is 3. The Labute approximate surface area is 158 Å². The molecule has 3 heterocycles. The van der Waals surface area contributed by atoms with Crippen molar-refractivity contribution in [1.29, 1.82) is 0 Å². The maximum Gasteiger partial charge on any atom is 0.257 e. The number of aromatic nitrogens is 1. The molecule has 1 fully saturated rings. The maximum absolute atomic E-state index is 14.0. The van der Waals surface area contributed by atoms with Gasteiger partial charge in [0.05, 0.1) is 11.3 Å². The van der Waals surface area contributed by atoms with Crippen molar-refractivity contribution in [3.8, 4) is 0 Å². The van der Waals surface area contributed by atoms with Gasteiger partial charge in [-0.1, -0.05) is 6.07 Å². The second-order valence-corrected chi connectivity index (χ2v) is 7.13.